The zero-order chi connectivity index (χ0) is 14.6. The van der Waals surface area contributed by atoms with E-state index in [0.29, 0.717) is 5.75 Å². The Kier molecular flexibility index (Phi) is 4.43. The van der Waals surface area contributed by atoms with Gasteiger partial charge in [0.15, 0.2) is 0 Å². The normalized spacial score (nSPS) is 13.5. The largest absolute Gasteiger partial charge is 0.424 e. The Morgan fingerprint density at radius 3 is 2.50 bits per heavy atom. The predicted octanol–water partition coefficient (Wildman–Crippen LogP) is 4.41. The van der Waals surface area contributed by atoms with Crippen LogP contribution >= 0.6 is 7.60 Å². The first-order valence-electron chi connectivity index (χ1n) is 6.30. The van der Waals surface area contributed by atoms with Crippen LogP contribution in [0, 0.1) is 6.92 Å². The number of hydrogen-bond donors (Lipinski definition) is 1. The fourth-order valence-corrected chi connectivity index (χ4v) is 2.83. The molecule has 4 heteroatoms. The molecule has 0 heterocycles. The molecule has 0 saturated heterocycles. The molecule has 2 rings (SSSR count). The summed E-state index contributed by atoms with van der Waals surface area (Å²) in [5, 5.41) is 0. The highest BCUT2D eigenvalue weighted by atomic mass is 31.2. The minimum atomic E-state index is -3.65. The smallest absolute Gasteiger partial charge is 0.380 e. The van der Waals surface area contributed by atoms with Crippen LogP contribution < -0.4 is 4.52 Å². The Balaban J connectivity index is 2.27. The van der Waals surface area contributed by atoms with Crippen molar-refractivity contribution in [2.45, 2.75) is 6.92 Å². The van der Waals surface area contributed by atoms with Crippen LogP contribution in [0.1, 0.15) is 5.56 Å². The quantitative estimate of drug-likeness (QED) is 0.654. The van der Waals surface area contributed by atoms with Crippen molar-refractivity contribution < 1.29 is 14.0 Å². The highest BCUT2D eigenvalue weighted by Crippen LogP contribution is 2.43. The van der Waals surface area contributed by atoms with Crippen molar-refractivity contribution >= 4 is 7.60 Å². The molecule has 0 bridgehead atoms. The van der Waals surface area contributed by atoms with Gasteiger partial charge in [-0.15, -0.1) is 6.58 Å². The number of hydrogen-bond acceptors (Lipinski definition) is 2. The van der Waals surface area contributed by atoms with Crippen LogP contribution in [0.15, 0.2) is 61.2 Å². The lowest BCUT2D eigenvalue weighted by molar-refractivity contribution is 0.382. The summed E-state index contributed by atoms with van der Waals surface area (Å²) < 4.78 is 17.0. The van der Waals surface area contributed by atoms with Crippen molar-refractivity contribution in [3.8, 4) is 16.9 Å². The molecule has 2 aromatic rings. The molecular weight excluding hydrogens is 271 g/mol. The van der Waals surface area contributed by atoms with E-state index in [2.05, 4.69) is 6.58 Å². The topological polar surface area (TPSA) is 46.5 Å². The van der Waals surface area contributed by atoms with Crippen LogP contribution in [0.3, 0.4) is 0 Å². The summed E-state index contributed by atoms with van der Waals surface area (Å²) in [4.78, 5) is 9.64. The molecule has 0 aliphatic heterocycles. The molecule has 0 radical (unpaired) electrons. The summed E-state index contributed by atoms with van der Waals surface area (Å²) in [7, 11) is -3.65. The Morgan fingerprint density at radius 2 is 1.90 bits per heavy atom. The van der Waals surface area contributed by atoms with E-state index in [1.807, 2.05) is 49.4 Å². The van der Waals surface area contributed by atoms with E-state index in [9.17, 15) is 9.46 Å². The minimum absolute atomic E-state index is 0.0626. The Morgan fingerprint density at radius 1 is 1.20 bits per heavy atom. The standard InChI is InChI=1S/C16H17O3P/c1-3-11-20(17,18)19-16-10-9-15(12-13(16)2)14-7-5-4-6-8-14/h3-10,12H,1,11H2,2H3,(H,17,18). The average molecular weight is 288 g/mol. The molecule has 0 saturated carbocycles. The zero-order valence-corrected chi connectivity index (χ0v) is 12.2. The maximum absolute atomic E-state index is 11.8. The van der Waals surface area contributed by atoms with Gasteiger partial charge in [0.25, 0.3) is 0 Å². The van der Waals surface area contributed by atoms with Crippen LogP contribution in [-0.2, 0) is 4.57 Å². The maximum Gasteiger partial charge on any atom is 0.380 e. The number of aryl methyl sites for hydroxylation is 1. The fourth-order valence-electron chi connectivity index (χ4n) is 1.92. The highest BCUT2D eigenvalue weighted by Gasteiger charge is 2.19. The second-order valence-corrected chi connectivity index (χ2v) is 6.37. The van der Waals surface area contributed by atoms with E-state index >= 15 is 0 Å². The van der Waals surface area contributed by atoms with E-state index < -0.39 is 7.60 Å². The van der Waals surface area contributed by atoms with Gasteiger partial charge in [-0.1, -0.05) is 42.5 Å². The van der Waals surface area contributed by atoms with Crippen molar-refractivity contribution in [3.05, 3.63) is 66.7 Å². The number of allylic oxidation sites excluding steroid dienone is 1. The van der Waals surface area contributed by atoms with Crippen LogP contribution in [-0.4, -0.2) is 11.1 Å². The summed E-state index contributed by atoms with van der Waals surface area (Å²) >= 11 is 0. The molecule has 0 aliphatic carbocycles. The Bertz CT molecular complexity index is 650. The van der Waals surface area contributed by atoms with Gasteiger partial charge in [-0.25, -0.2) is 4.57 Å². The van der Waals surface area contributed by atoms with Gasteiger partial charge < -0.3 is 9.42 Å². The fraction of sp³-hybridized carbons (Fsp3) is 0.125. The molecule has 3 nitrogen and oxygen atoms in total. The summed E-state index contributed by atoms with van der Waals surface area (Å²) in [6.45, 7) is 5.31. The Hall–Kier alpha value is -1.83. The third-order valence-electron chi connectivity index (χ3n) is 2.88. The van der Waals surface area contributed by atoms with Gasteiger partial charge in [0.1, 0.15) is 5.75 Å². The summed E-state index contributed by atoms with van der Waals surface area (Å²) in [6, 6.07) is 15.5. The molecule has 0 spiro atoms. The van der Waals surface area contributed by atoms with Gasteiger partial charge in [-0.3, -0.25) is 0 Å². The number of benzene rings is 2. The SMILES string of the molecule is C=CCP(=O)(O)Oc1ccc(-c2ccccc2)cc1C. The summed E-state index contributed by atoms with van der Waals surface area (Å²) in [5.74, 6) is 0.428. The second kappa shape index (κ2) is 6.08. The predicted molar refractivity (Wildman–Crippen MR) is 82.1 cm³/mol. The van der Waals surface area contributed by atoms with Gasteiger partial charge in [-0.05, 0) is 35.7 Å². The van der Waals surface area contributed by atoms with Crippen LogP contribution in [0.5, 0.6) is 5.75 Å². The second-order valence-electron chi connectivity index (χ2n) is 4.55. The molecule has 2 aromatic carbocycles. The van der Waals surface area contributed by atoms with E-state index in [1.54, 1.807) is 6.07 Å². The van der Waals surface area contributed by atoms with Crippen molar-refractivity contribution in [3.63, 3.8) is 0 Å². The van der Waals surface area contributed by atoms with E-state index in [-0.39, 0.29) is 6.16 Å². The third-order valence-corrected chi connectivity index (χ3v) is 4.08. The molecule has 0 aromatic heterocycles. The van der Waals surface area contributed by atoms with Gasteiger partial charge in [0.05, 0.1) is 6.16 Å². The van der Waals surface area contributed by atoms with Gasteiger partial charge in [0.2, 0.25) is 0 Å². The summed E-state index contributed by atoms with van der Waals surface area (Å²) in [6.07, 6.45) is 1.32. The van der Waals surface area contributed by atoms with E-state index in [0.717, 1.165) is 16.7 Å². The molecule has 1 N–H and O–H groups in total. The van der Waals surface area contributed by atoms with Gasteiger partial charge in [0, 0.05) is 0 Å². The molecule has 0 amide bonds. The van der Waals surface area contributed by atoms with Gasteiger partial charge in [-0.2, -0.15) is 0 Å². The number of rotatable bonds is 5. The summed E-state index contributed by atoms with van der Waals surface area (Å²) in [5.41, 5.74) is 2.97. The van der Waals surface area contributed by atoms with Crippen molar-refractivity contribution in [2.75, 3.05) is 6.16 Å². The van der Waals surface area contributed by atoms with Crippen LogP contribution in [0.2, 0.25) is 0 Å². The lowest BCUT2D eigenvalue weighted by Crippen LogP contribution is -1.96. The molecule has 20 heavy (non-hydrogen) atoms. The van der Waals surface area contributed by atoms with Crippen LogP contribution in [0.25, 0.3) is 11.1 Å². The molecule has 1 unspecified atom stereocenters. The first kappa shape index (κ1) is 14.6. The lowest BCUT2D eigenvalue weighted by Gasteiger charge is -2.14. The first-order valence-corrected chi connectivity index (χ1v) is 8.06. The molecular formula is C16H17O3P. The lowest BCUT2D eigenvalue weighted by atomic mass is 10.0. The van der Waals surface area contributed by atoms with Crippen molar-refractivity contribution in [1.29, 1.82) is 0 Å². The maximum atomic E-state index is 11.8. The zero-order valence-electron chi connectivity index (χ0n) is 11.3. The monoisotopic (exact) mass is 288 g/mol. The van der Waals surface area contributed by atoms with E-state index in [1.165, 1.54) is 6.08 Å². The van der Waals surface area contributed by atoms with Crippen molar-refractivity contribution in [1.82, 2.24) is 0 Å². The van der Waals surface area contributed by atoms with Gasteiger partial charge >= 0.3 is 7.60 Å². The highest BCUT2D eigenvalue weighted by molar-refractivity contribution is 7.53. The van der Waals surface area contributed by atoms with Crippen molar-refractivity contribution in [2.24, 2.45) is 0 Å². The molecule has 0 aliphatic rings. The Labute approximate surface area is 119 Å². The van der Waals surface area contributed by atoms with Crippen LogP contribution in [0.4, 0.5) is 0 Å². The minimum Gasteiger partial charge on any atom is -0.424 e. The first-order chi connectivity index (χ1) is 9.52. The molecule has 1 atom stereocenters. The average Bonchev–Trinajstić information content (AvgIpc) is 2.42. The molecule has 0 fully saturated rings. The molecule has 104 valence electrons. The third kappa shape index (κ3) is 3.60. The van der Waals surface area contributed by atoms with E-state index in [4.69, 9.17) is 4.52 Å².